The smallest absolute Gasteiger partial charge is 0.265 e. The van der Waals surface area contributed by atoms with Gasteiger partial charge in [-0.3, -0.25) is 4.79 Å². The first-order chi connectivity index (χ1) is 5.52. The molecule has 1 heterocycles. The number of pyridine rings is 1. The van der Waals surface area contributed by atoms with Gasteiger partial charge < -0.3 is 10.7 Å². The highest BCUT2D eigenvalue weighted by atomic mass is 79.9. The first-order valence-electron chi connectivity index (χ1n) is 2.98. The Balaban J connectivity index is 3.38. The van der Waals surface area contributed by atoms with Gasteiger partial charge >= 0.3 is 0 Å². The van der Waals surface area contributed by atoms with Gasteiger partial charge in [-0.25, -0.2) is 8.78 Å². The Morgan fingerprint density at radius 3 is 2.67 bits per heavy atom. The van der Waals surface area contributed by atoms with Gasteiger partial charge in [0.15, 0.2) is 0 Å². The maximum absolute atomic E-state index is 12.1. The Bertz CT molecular complexity index is 350. The third-order valence-corrected chi connectivity index (χ3v) is 2.07. The van der Waals surface area contributed by atoms with Gasteiger partial charge in [-0.05, 0) is 22.0 Å². The fraction of sp³-hybridized carbons (Fsp3) is 0.167. The SMILES string of the molecule is Nc1cc(C(F)F)c(Br)c(=O)[nH]1. The van der Waals surface area contributed by atoms with E-state index in [2.05, 4.69) is 20.9 Å². The summed E-state index contributed by atoms with van der Waals surface area (Å²) in [4.78, 5) is 13.0. The van der Waals surface area contributed by atoms with Crippen molar-refractivity contribution in [2.45, 2.75) is 6.43 Å². The van der Waals surface area contributed by atoms with E-state index in [1.54, 1.807) is 0 Å². The van der Waals surface area contributed by atoms with E-state index in [-0.39, 0.29) is 10.3 Å². The molecule has 0 saturated heterocycles. The zero-order chi connectivity index (χ0) is 9.30. The topological polar surface area (TPSA) is 58.9 Å². The minimum atomic E-state index is -2.70. The number of H-pyrrole nitrogens is 1. The molecule has 1 rings (SSSR count). The van der Waals surface area contributed by atoms with E-state index < -0.39 is 17.5 Å². The van der Waals surface area contributed by atoms with Crippen molar-refractivity contribution in [3.05, 3.63) is 26.5 Å². The van der Waals surface area contributed by atoms with Gasteiger partial charge in [-0.15, -0.1) is 0 Å². The minimum Gasteiger partial charge on any atom is -0.385 e. The predicted molar refractivity (Wildman–Crippen MR) is 44.1 cm³/mol. The van der Waals surface area contributed by atoms with Crippen molar-refractivity contribution in [3.63, 3.8) is 0 Å². The van der Waals surface area contributed by atoms with Crippen LogP contribution in [0, 0.1) is 0 Å². The van der Waals surface area contributed by atoms with E-state index in [9.17, 15) is 13.6 Å². The standard InChI is InChI=1S/C6H5BrF2N2O/c7-4-2(5(8)9)1-3(10)11-6(4)12/h1,5H,(H3,10,11,12). The van der Waals surface area contributed by atoms with Crippen molar-refractivity contribution in [3.8, 4) is 0 Å². The van der Waals surface area contributed by atoms with Crippen LogP contribution in [-0.2, 0) is 0 Å². The van der Waals surface area contributed by atoms with E-state index in [4.69, 9.17) is 5.73 Å². The maximum Gasteiger partial charge on any atom is 0.265 e. The summed E-state index contributed by atoms with van der Waals surface area (Å²) >= 11 is 2.74. The monoisotopic (exact) mass is 238 g/mol. The van der Waals surface area contributed by atoms with Crippen LogP contribution in [0.25, 0.3) is 0 Å². The van der Waals surface area contributed by atoms with Gasteiger partial charge in [0.05, 0.1) is 4.47 Å². The summed E-state index contributed by atoms with van der Waals surface area (Å²) in [5.41, 5.74) is 4.12. The van der Waals surface area contributed by atoms with Crippen LogP contribution in [0.2, 0.25) is 0 Å². The molecule has 0 fully saturated rings. The van der Waals surface area contributed by atoms with Crippen molar-refractivity contribution >= 4 is 21.7 Å². The Morgan fingerprint density at radius 1 is 1.58 bits per heavy atom. The molecule has 0 amide bonds. The second-order valence-electron chi connectivity index (χ2n) is 2.12. The first kappa shape index (κ1) is 9.18. The highest BCUT2D eigenvalue weighted by Crippen LogP contribution is 2.24. The molecule has 1 aromatic heterocycles. The number of aromatic amines is 1. The highest BCUT2D eigenvalue weighted by Gasteiger charge is 2.14. The second-order valence-corrected chi connectivity index (χ2v) is 2.92. The molecule has 0 saturated carbocycles. The first-order valence-corrected chi connectivity index (χ1v) is 3.78. The second kappa shape index (κ2) is 3.22. The molecular weight excluding hydrogens is 234 g/mol. The molecule has 6 heteroatoms. The van der Waals surface area contributed by atoms with Crippen molar-refractivity contribution < 1.29 is 8.78 Å². The molecular formula is C6H5BrF2N2O. The lowest BCUT2D eigenvalue weighted by Gasteiger charge is -2.02. The Labute approximate surface area is 74.7 Å². The molecule has 0 spiro atoms. The molecule has 66 valence electrons. The van der Waals surface area contributed by atoms with Crippen LogP contribution < -0.4 is 11.3 Å². The van der Waals surface area contributed by atoms with Crippen LogP contribution in [0.1, 0.15) is 12.0 Å². The van der Waals surface area contributed by atoms with Crippen molar-refractivity contribution in [1.29, 1.82) is 0 Å². The van der Waals surface area contributed by atoms with Crippen LogP contribution in [-0.4, -0.2) is 4.98 Å². The molecule has 0 radical (unpaired) electrons. The molecule has 3 N–H and O–H groups in total. The van der Waals surface area contributed by atoms with E-state index >= 15 is 0 Å². The number of hydrogen-bond donors (Lipinski definition) is 2. The number of nitrogens with one attached hydrogen (secondary N) is 1. The summed E-state index contributed by atoms with van der Waals surface area (Å²) in [6.07, 6.45) is -2.70. The molecule has 0 bridgehead atoms. The highest BCUT2D eigenvalue weighted by molar-refractivity contribution is 9.10. The number of rotatable bonds is 1. The lowest BCUT2D eigenvalue weighted by Crippen LogP contribution is -2.12. The number of hydrogen-bond acceptors (Lipinski definition) is 2. The van der Waals surface area contributed by atoms with Crippen molar-refractivity contribution in [2.24, 2.45) is 0 Å². The summed E-state index contributed by atoms with van der Waals surface area (Å²) in [5, 5.41) is 0. The lowest BCUT2D eigenvalue weighted by atomic mass is 10.3. The zero-order valence-electron chi connectivity index (χ0n) is 5.77. The number of anilines is 1. The molecule has 0 unspecified atom stereocenters. The Kier molecular flexibility index (Phi) is 2.46. The van der Waals surface area contributed by atoms with E-state index in [1.807, 2.05) is 0 Å². The predicted octanol–water partition coefficient (Wildman–Crippen LogP) is 1.66. The van der Waals surface area contributed by atoms with Crippen molar-refractivity contribution in [2.75, 3.05) is 5.73 Å². The van der Waals surface area contributed by atoms with E-state index in [0.29, 0.717) is 0 Å². The zero-order valence-corrected chi connectivity index (χ0v) is 7.36. The lowest BCUT2D eigenvalue weighted by molar-refractivity contribution is 0.150. The van der Waals surface area contributed by atoms with Crippen LogP contribution in [0.5, 0.6) is 0 Å². The number of halogens is 3. The van der Waals surface area contributed by atoms with Crippen LogP contribution in [0.3, 0.4) is 0 Å². The molecule has 12 heavy (non-hydrogen) atoms. The molecule has 0 aromatic carbocycles. The van der Waals surface area contributed by atoms with Gasteiger partial charge in [0.2, 0.25) is 0 Å². The van der Waals surface area contributed by atoms with E-state index in [0.717, 1.165) is 6.07 Å². The van der Waals surface area contributed by atoms with Crippen LogP contribution in [0.15, 0.2) is 15.3 Å². The quantitative estimate of drug-likeness (QED) is 0.782. The minimum absolute atomic E-state index is 0.0708. The number of nitrogen functional groups attached to an aromatic ring is 1. The number of aromatic nitrogens is 1. The average Bonchev–Trinajstić information content (AvgIpc) is 1.96. The number of alkyl halides is 2. The normalized spacial score (nSPS) is 10.7. The summed E-state index contributed by atoms with van der Waals surface area (Å²) in [6, 6.07) is 1.02. The molecule has 0 atom stereocenters. The largest absolute Gasteiger partial charge is 0.385 e. The Morgan fingerprint density at radius 2 is 2.17 bits per heavy atom. The van der Waals surface area contributed by atoms with Gasteiger partial charge in [0.25, 0.3) is 12.0 Å². The molecule has 3 nitrogen and oxygen atoms in total. The molecule has 1 aromatic rings. The average molecular weight is 239 g/mol. The van der Waals surface area contributed by atoms with Gasteiger partial charge in [0.1, 0.15) is 5.82 Å². The van der Waals surface area contributed by atoms with Gasteiger partial charge in [-0.2, -0.15) is 0 Å². The fourth-order valence-electron chi connectivity index (χ4n) is 0.743. The van der Waals surface area contributed by atoms with E-state index in [1.165, 1.54) is 0 Å². The molecule has 0 aliphatic carbocycles. The van der Waals surface area contributed by atoms with Crippen LogP contribution >= 0.6 is 15.9 Å². The molecule has 0 aliphatic heterocycles. The fourth-order valence-corrected chi connectivity index (χ4v) is 1.13. The summed E-state index contributed by atoms with van der Waals surface area (Å²) in [6.45, 7) is 0. The number of nitrogens with two attached hydrogens (primary N) is 1. The molecule has 0 aliphatic rings. The maximum atomic E-state index is 12.1. The Hall–Kier alpha value is -0.910. The summed E-state index contributed by atoms with van der Waals surface area (Å²) in [7, 11) is 0. The van der Waals surface area contributed by atoms with Gasteiger partial charge in [-0.1, -0.05) is 0 Å². The summed E-state index contributed by atoms with van der Waals surface area (Å²) in [5.74, 6) is -0.0708. The van der Waals surface area contributed by atoms with Gasteiger partial charge in [0, 0.05) is 5.56 Å². The third-order valence-electron chi connectivity index (χ3n) is 1.26. The third kappa shape index (κ3) is 1.63. The van der Waals surface area contributed by atoms with Crippen LogP contribution in [0.4, 0.5) is 14.6 Å². The summed E-state index contributed by atoms with van der Waals surface area (Å²) < 4.78 is 24.1. The van der Waals surface area contributed by atoms with Crippen molar-refractivity contribution in [1.82, 2.24) is 4.98 Å².